The molecule has 1 aliphatic rings. The van der Waals surface area contributed by atoms with Crippen LogP contribution in [0.2, 0.25) is 0 Å². The van der Waals surface area contributed by atoms with Gasteiger partial charge >= 0.3 is 0 Å². The van der Waals surface area contributed by atoms with E-state index in [1.165, 1.54) is 22.3 Å². The second kappa shape index (κ2) is 6.94. The quantitative estimate of drug-likeness (QED) is 0.838. The van der Waals surface area contributed by atoms with Crippen LogP contribution in [0, 0.1) is 12.3 Å². The molecule has 0 amide bonds. The van der Waals surface area contributed by atoms with Crippen LogP contribution in [-0.2, 0) is 19.5 Å². The lowest BCUT2D eigenvalue weighted by Gasteiger charge is -2.22. The molecule has 128 valence electrons. The number of hydrogen-bond acceptors (Lipinski definition) is 3. The normalized spacial score (nSPS) is 15.5. The summed E-state index contributed by atoms with van der Waals surface area (Å²) in [6.45, 7) is 12.6. The summed E-state index contributed by atoms with van der Waals surface area (Å²) >= 11 is 0. The molecule has 0 bridgehead atoms. The Balaban J connectivity index is 1.77. The molecular formula is C21H28N2O. The van der Waals surface area contributed by atoms with Crippen molar-refractivity contribution in [2.75, 3.05) is 13.2 Å². The van der Waals surface area contributed by atoms with Gasteiger partial charge in [-0.1, -0.05) is 39.0 Å². The number of pyridine rings is 1. The number of aromatic nitrogens is 1. The van der Waals surface area contributed by atoms with Crippen molar-refractivity contribution in [2.24, 2.45) is 5.41 Å². The number of benzene rings is 1. The molecular weight excluding hydrogens is 296 g/mol. The Morgan fingerprint density at radius 2 is 2.04 bits per heavy atom. The third-order valence-corrected chi connectivity index (χ3v) is 4.46. The molecule has 0 saturated carbocycles. The summed E-state index contributed by atoms with van der Waals surface area (Å²) in [7, 11) is 0. The highest BCUT2D eigenvalue weighted by Crippen LogP contribution is 2.25. The predicted octanol–water partition coefficient (Wildman–Crippen LogP) is 4.37. The minimum atomic E-state index is 0.313. The Labute approximate surface area is 145 Å². The monoisotopic (exact) mass is 324 g/mol. The highest BCUT2D eigenvalue weighted by molar-refractivity contribution is 5.33. The van der Waals surface area contributed by atoms with Gasteiger partial charge < -0.3 is 4.74 Å². The van der Waals surface area contributed by atoms with Gasteiger partial charge in [0.1, 0.15) is 12.4 Å². The maximum absolute atomic E-state index is 5.85. The van der Waals surface area contributed by atoms with Crippen LogP contribution in [-0.4, -0.2) is 23.0 Å². The lowest BCUT2D eigenvalue weighted by Crippen LogP contribution is -2.25. The lowest BCUT2D eigenvalue weighted by molar-refractivity contribution is 0.219. The Bertz CT molecular complexity index is 703. The van der Waals surface area contributed by atoms with E-state index in [4.69, 9.17) is 4.74 Å². The number of rotatable bonds is 3. The van der Waals surface area contributed by atoms with Crippen LogP contribution >= 0.6 is 0 Å². The molecule has 1 aliphatic heterocycles. The van der Waals surface area contributed by atoms with E-state index in [9.17, 15) is 0 Å². The van der Waals surface area contributed by atoms with E-state index in [1.807, 2.05) is 12.3 Å². The van der Waals surface area contributed by atoms with Crippen LogP contribution in [0.4, 0.5) is 0 Å². The van der Waals surface area contributed by atoms with Crippen molar-refractivity contribution in [1.82, 2.24) is 9.88 Å². The average molecular weight is 324 g/mol. The molecule has 2 aromatic rings. The number of ether oxygens (including phenoxy) is 1. The fourth-order valence-electron chi connectivity index (χ4n) is 3.27. The molecule has 1 aromatic carbocycles. The number of fused-ring (bicyclic) bond motifs is 1. The molecule has 0 radical (unpaired) electrons. The van der Waals surface area contributed by atoms with Gasteiger partial charge in [-0.25, -0.2) is 0 Å². The summed E-state index contributed by atoms with van der Waals surface area (Å²) in [6.07, 6.45) is 4.83. The summed E-state index contributed by atoms with van der Waals surface area (Å²) < 4.78 is 5.85. The topological polar surface area (TPSA) is 25.4 Å². The van der Waals surface area contributed by atoms with E-state index in [0.29, 0.717) is 5.41 Å². The van der Waals surface area contributed by atoms with Crippen LogP contribution in [0.5, 0.6) is 5.75 Å². The second-order valence-electron chi connectivity index (χ2n) is 8.04. The maximum atomic E-state index is 5.85. The SMILES string of the molecule is Cc1ccc(CC(C)(C)C)cc1CN1CCOc2ccncc2C1. The first-order chi connectivity index (χ1) is 11.4. The fourth-order valence-corrected chi connectivity index (χ4v) is 3.27. The van der Waals surface area contributed by atoms with E-state index in [-0.39, 0.29) is 0 Å². The van der Waals surface area contributed by atoms with Crippen LogP contribution in [0.25, 0.3) is 0 Å². The van der Waals surface area contributed by atoms with E-state index < -0.39 is 0 Å². The van der Waals surface area contributed by atoms with E-state index >= 15 is 0 Å². The molecule has 0 aliphatic carbocycles. The van der Waals surface area contributed by atoms with Gasteiger partial charge in [-0.2, -0.15) is 0 Å². The minimum absolute atomic E-state index is 0.313. The van der Waals surface area contributed by atoms with Crippen molar-refractivity contribution in [3.05, 3.63) is 58.9 Å². The van der Waals surface area contributed by atoms with E-state index in [0.717, 1.165) is 38.4 Å². The first-order valence-electron chi connectivity index (χ1n) is 8.77. The highest BCUT2D eigenvalue weighted by Gasteiger charge is 2.17. The zero-order chi connectivity index (χ0) is 17.2. The molecule has 0 fully saturated rings. The molecule has 2 heterocycles. The van der Waals surface area contributed by atoms with Gasteiger partial charge in [-0.3, -0.25) is 9.88 Å². The van der Waals surface area contributed by atoms with Gasteiger partial charge in [-0.05, 0) is 41.5 Å². The van der Waals surface area contributed by atoms with E-state index in [2.05, 4.69) is 55.8 Å². The van der Waals surface area contributed by atoms with Crippen molar-refractivity contribution in [3.63, 3.8) is 0 Å². The average Bonchev–Trinajstić information content (AvgIpc) is 2.71. The van der Waals surface area contributed by atoms with Crippen molar-refractivity contribution in [2.45, 2.75) is 47.2 Å². The molecule has 0 unspecified atom stereocenters. The lowest BCUT2D eigenvalue weighted by atomic mass is 9.87. The van der Waals surface area contributed by atoms with Crippen molar-refractivity contribution < 1.29 is 4.74 Å². The molecule has 3 nitrogen and oxygen atoms in total. The van der Waals surface area contributed by atoms with Crippen LogP contribution in [0.15, 0.2) is 36.7 Å². The van der Waals surface area contributed by atoms with Gasteiger partial charge in [0, 0.05) is 37.6 Å². The summed E-state index contributed by atoms with van der Waals surface area (Å²) in [5.41, 5.74) is 5.70. The number of nitrogens with zero attached hydrogens (tertiary/aromatic N) is 2. The first kappa shape index (κ1) is 17.0. The van der Waals surface area contributed by atoms with Crippen molar-refractivity contribution in [1.29, 1.82) is 0 Å². The third-order valence-electron chi connectivity index (χ3n) is 4.46. The molecule has 24 heavy (non-hydrogen) atoms. The Morgan fingerprint density at radius 3 is 2.83 bits per heavy atom. The highest BCUT2D eigenvalue weighted by atomic mass is 16.5. The predicted molar refractivity (Wildman–Crippen MR) is 98.2 cm³/mol. The zero-order valence-electron chi connectivity index (χ0n) is 15.3. The molecule has 0 atom stereocenters. The Hall–Kier alpha value is -1.87. The standard InChI is InChI=1S/C21H28N2O/c1-16-5-6-17(12-21(2,3)4)11-18(16)14-23-9-10-24-20-7-8-22-13-19(20)15-23/h5-8,11,13H,9-10,12,14-15H2,1-4H3. The largest absolute Gasteiger partial charge is 0.492 e. The second-order valence-corrected chi connectivity index (χ2v) is 8.04. The number of aryl methyl sites for hydroxylation is 1. The van der Waals surface area contributed by atoms with Gasteiger partial charge in [0.25, 0.3) is 0 Å². The van der Waals surface area contributed by atoms with Gasteiger partial charge in [-0.15, -0.1) is 0 Å². The summed E-state index contributed by atoms with van der Waals surface area (Å²) in [5.74, 6) is 0.978. The molecule has 0 spiro atoms. The molecule has 1 aromatic heterocycles. The summed E-state index contributed by atoms with van der Waals surface area (Å²) in [5, 5.41) is 0. The van der Waals surface area contributed by atoms with Crippen LogP contribution in [0.3, 0.4) is 0 Å². The maximum Gasteiger partial charge on any atom is 0.126 e. The van der Waals surface area contributed by atoms with Crippen molar-refractivity contribution in [3.8, 4) is 5.75 Å². The molecule has 3 heteroatoms. The smallest absolute Gasteiger partial charge is 0.126 e. The van der Waals surface area contributed by atoms with Gasteiger partial charge in [0.05, 0.1) is 0 Å². The van der Waals surface area contributed by atoms with Gasteiger partial charge in [0.15, 0.2) is 0 Å². The first-order valence-corrected chi connectivity index (χ1v) is 8.77. The molecule has 0 N–H and O–H groups in total. The summed E-state index contributed by atoms with van der Waals surface area (Å²) in [6, 6.07) is 8.89. The van der Waals surface area contributed by atoms with E-state index in [1.54, 1.807) is 6.20 Å². The Morgan fingerprint density at radius 1 is 1.21 bits per heavy atom. The Kier molecular flexibility index (Phi) is 4.91. The van der Waals surface area contributed by atoms with Gasteiger partial charge in [0.2, 0.25) is 0 Å². The zero-order valence-corrected chi connectivity index (χ0v) is 15.3. The molecule has 3 rings (SSSR count). The minimum Gasteiger partial charge on any atom is -0.492 e. The summed E-state index contributed by atoms with van der Waals surface area (Å²) in [4.78, 5) is 6.70. The number of hydrogen-bond donors (Lipinski definition) is 0. The third kappa shape index (κ3) is 4.35. The fraction of sp³-hybridized carbons (Fsp3) is 0.476. The van der Waals surface area contributed by atoms with Crippen molar-refractivity contribution >= 4 is 0 Å². The molecule has 0 saturated heterocycles. The van der Waals surface area contributed by atoms with Crippen LogP contribution in [0.1, 0.15) is 43.0 Å². The van der Waals surface area contributed by atoms with Crippen LogP contribution < -0.4 is 4.74 Å².